The van der Waals surface area contributed by atoms with Crippen LogP contribution in [0.3, 0.4) is 0 Å². The van der Waals surface area contributed by atoms with Crippen LogP contribution < -0.4 is 19.7 Å². The number of anilines is 1. The lowest BCUT2D eigenvalue weighted by Crippen LogP contribution is -2.36. The molecule has 1 atom stereocenters. The first-order valence-electron chi connectivity index (χ1n) is 8.85. The van der Waals surface area contributed by atoms with Crippen LogP contribution in [0.1, 0.15) is 24.1 Å². The Labute approximate surface area is 148 Å². The van der Waals surface area contributed by atoms with Crippen molar-refractivity contribution in [3.63, 3.8) is 0 Å². The summed E-state index contributed by atoms with van der Waals surface area (Å²) in [6.07, 6.45) is 0. The van der Waals surface area contributed by atoms with Crippen molar-refractivity contribution < 1.29 is 14.2 Å². The molecule has 1 N–H and O–H groups in total. The molecule has 5 nitrogen and oxygen atoms in total. The molecule has 2 aromatic rings. The van der Waals surface area contributed by atoms with Gasteiger partial charge in [0, 0.05) is 36.9 Å². The summed E-state index contributed by atoms with van der Waals surface area (Å²) in [5.41, 5.74) is 3.68. The third kappa shape index (κ3) is 3.57. The van der Waals surface area contributed by atoms with Crippen molar-refractivity contribution >= 4 is 5.69 Å². The van der Waals surface area contributed by atoms with Crippen LogP contribution in [0.4, 0.5) is 5.69 Å². The predicted molar refractivity (Wildman–Crippen MR) is 97.3 cm³/mol. The highest BCUT2D eigenvalue weighted by Crippen LogP contribution is 2.35. The van der Waals surface area contributed by atoms with Crippen molar-refractivity contribution in [3.05, 3.63) is 53.6 Å². The van der Waals surface area contributed by atoms with E-state index in [2.05, 4.69) is 47.5 Å². The Morgan fingerprint density at radius 1 is 1.04 bits per heavy atom. The van der Waals surface area contributed by atoms with Crippen molar-refractivity contribution in [1.29, 1.82) is 0 Å². The molecule has 1 fully saturated rings. The van der Waals surface area contributed by atoms with Gasteiger partial charge >= 0.3 is 0 Å². The van der Waals surface area contributed by atoms with Gasteiger partial charge in [-0.1, -0.05) is 24.3 Å². The number of morpholine rings is 1. The molecule has 1 saturated heterocycles. The summed E-state index contributed by atoms with van der Waals surface area (Å²) >= 11 is 0. The van der Waals surface area contributed by atoms with E-state index >= 15 is 0 Å². The molecule has 2 heterocycles. The molecule has 1 unspecified atom stereocenters. The summed E-state index contributed by atoms with van der Waals surface area (Å²) in [7, 11) is 0. The van der Waals surface area contributed by atoms with E-state index < -0.39 is 0 Å². The van der Waals surface area contributed by atoms with Crippen LogP contribution in [0.15, 0.2) is 42.5 Å². The average Bonchev–Trinajstić information content (AvgIpc) is 3.16. The lowest BCUT2D eigenvalue weighted by molar-refractivity contribution is 0.122. The Morgan fingerprint density at radius 3 is 2.64 bits per heavy atom. The number of hydrogen-bond donors (Lipinski definition) is 1. The number of rotatable bonds is 5. The lowest BCUT2D eigenvalue weighted by atomic mass is 10.1. The van der Waals surface area contributed by atoms with Crippen LogP contribution in [0.5, 0.6) is 11.5 Å². The number of nitrogens with zero attached hydrogens (tertiary/aromatic N) is 1. The summed E-state index contributed by atoms with van der Waals surface area (Å²) in [5.74, 6) is 1.70. The highest BCUT2D eigenvalue weighted by Gasteiger charge is 2.17. The standard InChI is InChI=1S/C20H24N2O3/c1-15(21-13-17-3-2-4-19-20(17)25-14-24-19)16-5-7-18(8-6-16)22-9-11-23-12-10-22/h2-8,15,21H,9-14H2,1H3. The van der Waals surface area contributed by atoms with E-state index in [4.69, 9.17) is 14.2 Å². The van der Waals surface area contributed by atoms with E-state index in [9.17, 15) is 0 Å². The Morgan fingerprint density at radius 2 is 1.84 bits per heavy atom. The second kappa shape index (κ2) is 7.33. The van der Waals surface area contributed by atoms with Crippen LogP contribution in [0, 0.1) is 0 Å². The first-order chi connectivity index (χ1) is 12.3. The number of nitrogens with one attached hydrogen (secondary N) is 1. The maximum absolute atomic E-state index is 5.57. The monoisotopic (exact) mass is 340 g/mol. The summed E-state index contributed by atoms with van der Waals surface area (Å²) in [5, 5.41) is 3.57. The predicted octanol–water partition coefficient (Wildman–Crippen LogP) is 3.10. The Kier molecular flexibility index (Phi) is 4.76. The van der Waals surface area contributed by atoms with E-state index in [0.717, 1.165) is 49.9 Å². The van der Waals surface area contributed by atoms with Crippen molar-refractivity contribution in [3.8, 4) is 11.5 Å². The number of fused-ring (bicyclic) bond motifs is 1. The first-order valence-corrected chi connectivity index (χ1v) is 8.85. The van der Waals surface area contributed by atoms with Gasteiger partial charge in [-0.2, -0.15) is 0 Å². The van der Waals surface area contributed by atoms with Gasteiger partial charge in [0.15, 0.2) is 11.5 Å². The zero-order valence-corrected chi connectivity index (χ0v) is 14.5. The highest BCUT2D eigenvalue weighted by molar-refractivity contribution is 5.49. The number of para-hydroxylation sites is 1. The molecule has 132 valence electrons. The zero-order chi connectivity index (χ0) is 17.1. The maximum atomic E-state index is 5.57. The largest absolute Gasteiger partial charge is 0.454 e. The maximum Gasteiger partial charge on any atom is 0.231 e. The van der Waals surface area contributed by atoms with Gasteiger partial charge in [-0.25, -0.2) is 0 Å². The molecule has 0 amide bonds. The molecule has 0 saturated carbocycles. The fourth-order valence-corrected chi connectivity index (χ4v) is 3.31. The van der Waals surface area contributed by atoms with Gasteiger partial charge in [-0.15, -0.1) is 0 Å². The smallest absolute Gasteiger partial charge is 0.231 e. The molecule has 5 heteroatoms. The minimum Gasteiger partial charge on any atom is -0.454 e. The molecule has 25 heavy (non-hydrogen) atoms. The molecular weight excluding hydrogens is 316 g/mol. The number of ether oxygens (including phenoxy) is 3. The van der Waals surface area contributed by atoms with Crippen LogP contribution in [-0.4, -0.2) is 33.1 Å². The van der Waals surface area contributed by atoms with Gasteiger partial charge in [0.1, 0.15) is 0 Å². The second-order valence-corrected chi connectivity index (χ2v) is 6.44. The second-order valence-electron chi connectivity index (χ2n) is 6.44. The molecule has 2 aliphatic heterocycles. The van der Waals surface area contributed by atoms with Gasteiger partial charge in [-0.05, 0) is 30.7 Å². The summed E-state index contributed by atoms with van der Waals surface area (Å²) in [6.45, 7) is 6.80. The Bertz CT molecular complexity index is 711. The van der Waals surface area contributed by atoms with E-state index in [1.54, 1.807) is 0 Å². The van der Waals surface area contributed by atoms with Crippen LogP contribution in [0.25, 0.3) is 0 Å². The first kappa shape index (κ1) is 16.2. The van der Waals surface area contributed by atoms with Crippen molar-refractivity contribution in [2.75, 3.05) is 38.0 Å². The van der Waals surface area contributed by atoms with E-state index in [1.165, 1.54) is 11.3 Å². The fraction of sp³-hybridized carbons (Fsp3) is 0.400. The van der Waals surface area contributed by atoms with Gasteiger partial charge in [-0.3, -0.25) is 0 Å². The molecule has 0 aromatic heterocycles. The molecule has 0 bridgehead atoms. The van der Waals surface area contributed by atoms with Gasteiger partial charge in [0.25, 0.3) is 0 Å². The molecular formula is C20H24N2O3. The zero-order valence-electron chi connectivity index (χ0n) is 14.5. The molecule has 0 radical (unpaired) electrons. The Balaban J connectivity index is 1.38. The fourth-order valence-electron chi connectivity index (χ4n) is 3.31. The van der Waals surface area contributed by atoms with Crippen LogP contribution in [0.2, 0.25) is 0 Å². The Hall–Kier alpha value is -2.24. The number of benzene rings is 2. The molecule has 2 aliphatic rings. The van der Waals surface area contributed by atoms with Crippen LogP contribution in [-0.2, 0) is 11.3 Å². The van der Waals surface area contributed by atoms with E-state index in [1.807, 2.05) is 12.1 Å². The minimum absolute atomic E-state index is 0.261. The summed E-state index contributed by atoms with van der Waals surface area (Å²) in [6, 6.07) is 15.1. The van der Waals surface area contributed by atoms with E-state index in [-0.39, 0.29) is 6.04 Å². The summed E-state index contributed by atoms with van der Waals surface area (Å²) < 4.78 is 16.4. The van der Waals surface area contributed by atoms with Gasteiger partial charge in [0.05, 0.1) is 13.2 Å². The highest BCUT2D eigenvalue weighted by atomic mass is 16.7. The quantitative estimate of drug-likeness (QED) is 0.906. The third-order valence-electron chi connectivity index (χ3n) is 4.85. The van der Waals surface area contributed by atoms with Crippen molar-refractivity contribution in [2.45, 2.75) is 19.5 Å². The normalized spacial score (nSPS) is 17.6. The number of hydrogen-bond acceptors (Lipinski definition) is 5. The van der Waals surface area contributed by atoms with Gasteiger partial charge in [0.2, 0.25) is 6.79 Å². The van der Waals surface area contributed by atoms with Gasteiger partial charge < -0.3 is 24.4 Å². The SMILES string of the molecule is CC(NCc1cccc2c1OCO2)c1ccc(N2CCOCC2)cc1. The van der Waals surface area contributed by atoms with E-state index in [0.29, 0.717) is 6.79 Å². The topological polar surface area (TPSA) is 43.0 Å². The molecule has 0 aliphatic carbocycles. The van der Waals surface area contributed by atoms with Crippen LogP contribution >= 0.6 is 0 Å². The van der Waals surface area contributed by atoms with Crippen molar-refractivity contribution in [1.82, 2.24) is 5.32 Å². The lowest BCUT2D eigenvalue weighted by Gasteiger charge is -2.29. The molecule has 0 spiro atoms. The third-order valence-corrected chi connectivity index (χ3v) is 4.85. The minimum atomic E-state index is 0.261. The molecule has 2 aromatic carbocycles. The van der Waals surface area contributed by atoms with Crippen molar-refractivity contribution in [2.24, 2.45) is 0 Å². The molecule has 4 rings (SSSR count). The summed E-state index contributed by atoms with van der Waals surface area (Å²) in [4.78, 5) is 2.37. The average molecular weight is 340 g/mol.